The number of hydrogen-bond donors (Lipinski definition) is 0. The van der Waals surface area contributed by atoms with Gasteiger partial charge in [0.15, 0.2) is 0 Å². The molecule has 1 unspecified atom stereocenters. The van der Waals surface area contributed by atoms with Crippen molar-refractivity contribution in [3.63, 3.8) is 0 Å². The molecule has 0 saturated heterocycles. The lowest BCUT2D eigenvalue weighted by Crippen LogP contribution is -1.95. The molecule has 0 fully saturated rings. The summed E-state index contributed by atoms with van der Waals surface area (Å²) in [6, 6.07) is 3.94. The Bertz CT molecular complexity index is 349. The van der Waals surface area contributed by atoms with Gasteiger partial charge in [0.1, 0.15) is 11.5 Å². The van der Waals surface area contributed by atoms with Crippen molar-refractivity contribution in [2.75, 3.05) is 14.2 Å². The molecule has 3 heteroatoms. The molecule has 0 radical (unpaired) electrons. The maximum Gasteiger partial charge on any atom is 0.123 e. The first kappa shape index (κ1) is 9.84. The van der Waals surface area contributed by atoms with E-state index in [1.165, 1.54) is 11.1 Å². The minimum Gasteiger partial charge on any atom is -0.496 e. The Kier molecular flexibility index (Phi) is 2.68. The minimum atomic E-state index is 0.405. The second-order valence-electron chi connectivity index (χ2n) is 3.37. The van der Waals surface area contributed by atoms with Gasteiger partial charge in [0.2, 0.25) is 0 Å². The quantitative estimate of drug-likeness (QED) is 0.758. The van der Waals surface area contributed by atoms with Crippen molar-refractivity contribution >= 4 is 15.9 Å². The molecule has 0 saturated carbocycles. The van der Waals surface area contributed by atoms with Crippen LogP contribution in [0.25, 0.3) is 0 Å². The van der Waals surface area contributed by atoms with Gasteiger partial charge in [-0.05, 0) is 25.0 Å². The zero-order valence-electron chi connectivity index (χ0n) is 8.34. The molecule has 2 rings (SSSR count). The maximum atomic E-state index is 5.34. The van der Waals surface area contributed by atoms with E-state index in [-0.39, 0.29) is 0 Å². The second-order valence-corrected chi connectivity index (χ2v) is 4.47. The Balaban J connectivity index is 2.56. The lowest BCUT2D eigenvalue weighted by molar-refractivity contribution is 0.398. The lowest BCUT2D eigenvalue weighted by atomic mass is 10.1. The summed E-state index contributed by atoms with van der Waals surface area (Å²) in [5.74, 6) is 1.93. The average Bonchev–Trinajstić information content (AvgIpc) is 2.60. The molecular formula is C11H13BrO2. The largest absolute Gasteiger partial charge is 0.496 e. The van der Waals surface area contributed by atoms with Crippen LogP contribution in [0.2, 0.25) is 0 Å². The topological polar surface area (TPSA) is 18.5 Å². The van der Waals surface area contributed by atoms with Crippen LogP contribution in [-0.2, 0) is 6.42 Å². The molecule has 0 spiro atoms. The fraction of sp³-hybridized carbons (Fsp3) is 0.455. The number of methoxy groups -OCH3 is 2. The van der Waals surface area contributed by atoms with E-state index in [0.29, 0.717) is 4.83 Å². The highest BCUT2D eigenvalue weighted by molar-refractivity contribution is 9.09. The number of alkyl halides is 1. The molecule has 1 aromatic carbocycles. The van der Waals surface area contributed by atoms with Gasteiger partial charge in [-0.15, -0.1) is 0 Å². The van der Waals surface area contributed by atoms with E-state index in [0.717, 1.165) is 24.3 Å². The van der Waals surface area contributed by atoms with Crippen molar-refractivity contribution < 1.29 is 9.47 Å². The normalized spacial score (nSPS) is 19.2. The fourth-order valence-corrected chi connectivity index (χ4v) is 2.74. The summed E-state index contributed by atoms with van der Waals surface area (Å²) in [7, 11) is 3.42. The minimum absolute atomic E-state index is 0.405. The molecule has 0 aliphatic heterocycles. The van der Waals surface area contributed by atoms with E-state index >= 15 is 0 Å². The van der Waals surface area contributed by atoms with E-state index < -0.39 is 0 Å². The predicted octanol–water partition coefficient (Wildman–Crippen LogP) is 3.09. The number of rotatable bonds is 2. The first-order chi connectivity index (χ1) is 6.77. The summed E-state index contributed by atoms with van der Waals surface area (Å²) in [6.07, 6.45) is 2.18. The third-order valence-electron chi connectivity index (χ3n) is 2.67. The molecule has 1 aromatic rings. The zero-order chi connectivity index (χ0) is 10.1. The second kappa shape index (κ2) is 3.81. The van der Waals surface area contributed by atoms with Crippen LogP contribution >= 0.6 is 15.9 Å². The lowest BCUT2D eigenvalue weighted by Gasteiger charge is -2.12. The Morgan fingerprint density at radius 1 is 1.21 bits per heavy atom. The third-order valence-corrected chi connectivity index (χ3v) is 3.59. The highest BCUT2D eigenvalue weighted by Crippen LogP contribution is 2.46. The zero-order valence-corrected chi connectivity index (χ0v) is 9.93. The Morgan fingerprint density at radius 3 is 2.50 bits per heavy atom. The summed E-state index contributed by atoms with van der Waals surface area (Å²) in [5, 5.41) is 0. The summed E-state index contributed by atoms with van der Waals surface area (Å²) < 4.78 is 10.7. The molecule has 1 atom stereocenters. The van der Waals surface area contributed by atoms with Crippen LogP contribution in [0.4, 0.5) is 0 Å². The third kappa shape index (κ3) is 1.40. The van der Waals surface area contributed by atoms with Crippen molar-refractivity contribution in [1.29, 1.82) is 0 Å². The highest BCUT2D eigenvalue weighted by Gasteiger charge is 2.26. The molecule has 14 heavy (non-hydrogen) atoms. The smallest absolute Gasteiger partial charge is 0.123 e. The van der Waals surface area contributed by atoms with Crippen molar-refractivity contribution in [1.82, 2.24) is 0 Å². The number of ether oxygens (including phenoxy) is 2. The van der Waals surface area contributed by atoms with Crippen LogP contribution < -0.4 is 9.47 Å². The van der Waals surface area contributed by atoms with Crippen LogP contribution in [0.1, 0.15) is 22.4 Å². The molecule has 2 nitrogen and oxygen atoms in total. The Morgan fingerprint density at radius 2 is 1.86 bits per heavy atom. The summed E-state index contributed by atoms with van der Waals surface area (Å²) in [6.45, 7) is 0. The molecule has 76 valence electrons. The van der Waals surface area contributed by atoms with E-state index in [9.17, 15) is 0 Å². The summed E-state index contributed by atoms with van der Waals surface area (Å²) >= 11 is 3.66. The van der Waals surface area contributed by atoms with Gasteiger partial charge in [0.05, 0.1) is 14.2 Å². The van der Waals surface area contributed by atoms with Gasteiger partial charge in [0.25, 0.3) is 0 Å². The van der Waals surface area contributed by atoms with Gasteiger partial charge in [-0.3, -0.25) is 0 Å². The van der Waals surface area contributed by atoms with Crippen LogP contribution in [0.3, 0.4) is 0 Å². The van der Waals surface area contributed by atoms with Crippen molar-refractivity contribution in [2.45, 2.75) is 17.7 Å². The van der Waals surface area contributed by atoms with E-state index in [1.807, 2.05) is 12.1 Å². The summed E-state index contributed by atoms with van der Waals surface area (Å²) in [4.78, 5) is 0.405. The first-order valence-corrected chi connectivity index (χ1v) is 5.57. The molecular weight excluding hydrogens is 244 g/mol. The Labute approximate surface area is 92.3 Å². The van der Waals surface area contributed by atoms with Gasteiger partial charge in [-0.1, -0.05) is 15.9 Å². The predicted molar refractivity (Wildman–Crippen MR) is 59.5 cm³/mol. The van der Waals surface area contributed by atoms with Crippen LogP contribution in [0.5, 0.6) is 11.5 Å². The standard InChI is InChI=1S/C11H13BrO2/c1-13-9-5-6-10(14-2)11-7(9)3-4-8(11)12/h5-6,8H,3-4H2,1-2H3. The van der Waals surface area contributed by atoms with Crippen LogP contribution in [0, 0.1) is 0 Å². The van der Waals surface area contributed by atoms with Gasteiger partial charge in [0, 0.05) is 16.0 Å². The molecule has 0 heterocycles. The van der Waals surface area contributed by atoms with Crippen LogP contribution in [0.15, 0.2) is 12.1 Å². The van der Waals surface area contributed by atoms with Gasteiger partial charge >= 0.3 is 0 Å². The van der Waals surface area contributed by atoms with Crippen LogP contribution in [-0.4, -0.2) is 14.2 Å². The maximum absolute atomic E-state index is 5.34. The van der Waals surface area contributed by atoms with E-state index in [4.69, 9.17) is 9.47 Å². The average molecular weight is 257 g/mol. The van der Waals surface area contributed by atoms with Gasteiger partial charge < -0.3 is 9.47 Å². The molecule has 0 amide bonds. The first-order valence-electron chi connectivity index (χ1n) is 4.65. The van der Waals surface area contributed by atoms with Gasteiger partial charge in [-0.25, -0.2) is 0 Å². The molecule has 0 aromatic heterocycles. The van der Waals surface area contributed by atoms with E-state index in [1.54, 1.807) is 14.2 Å². The van der Waals surface area contributed by atoms with Gasteiger partial charge in [-0.2, -0.15) is 0 Å². The Hall–Kier alpha value is -0.700. The molecule has 0 bridgehead atoms. The molecule has 1 aliphatic carbocycles. The van der Waals surface area contributed by atoms with E-state index in [2.05, 4.69) is 15.9 Å². The number of hydrogen-bond acceptors (Lipinski definition) is 2. The molecule has 1 aliphatic rings. The monoisotopic (exact) mass is 256 g/mol. The number of benzene rings is 1. The van der Waals surface area contributed by atoms with Crippen molar-refractivity contribution in [3.8, 4) is 11.5 Å². The molecule has 0 N–H and O–H groups in total. The number of halogens is 1. The summed E-state index contributed by atoms with van der Waals surface area (Å²) in [5.41, 5.74) is 2.54. The number of fused-ring (bicyclic) bond motifs is 1. The SMILES string of the molecule is COc1ccc(OC)c2c1CCC2Br. The van der Waals surface area contributed by atoms with Crippen molar-refractivity contribution in [2.24, 2.45) is 0 Å². The van der Waals surface area contributed by atoms with Crippen molar-refractivity contribution in [3.05, 3.63) is 23.3 Å². The highest BCUT2D eigenvalue weighted by atomic mass is 79.9. The fourth-order valence-electron chi connectivity index (χ4n) is 2.01.